The number of aliphatic imine (C=N–C) groups is 1. The first-order valence-corrected chi connectivity index (χ1v) is 7.42. The smallest absolute Gasteiger partial charge is 0.128 e. The number of benzene rings is 2. The maximum absolute atomic E-state index is 5.85. The van der Waals surface area contributed by atoms with Gasteiger partial charge in [-0.1, -0.05) is 54.6 Å². The molecule has 21 heavy (non-hydrogen) atoms. The van der Waals surface area contributed by atoms with Crippen LogP contribution in [0.1, 0.15) is 23.1 Å². The zero-order valence-corrected chi connectivity index (χ0v) is 12.1. The molecule has 0 bridgehead atoms. The molecular formula is C18H20N2O. The molecule has 1 aliphatic rings. The topological polar surface area (TPSA) is 33.6 Å². The van der Waals surface area contributed by atoms with E-state index in [1.54, 1.807) is 0 Å². The van der Waals surface area contributed by atoms with Gasteiger partial charge in [0.25, 0.3) is 0 Å². The summed E-state index contributed by atoms with van der Waals surface area (Å²) in [5.41, 5.74) is 3.54. The van der Waals surface area contributed by atoms with Gasteiger partial charge in [-0.2, -0.15) is 0 Å². The third-order valence-electron chi connectivity index (χ3n) is 3.54. The van der Waals surface area contributed by atoms with Gasteiger partial charge in [-0.3, -0.25) is 4.99 Å². The van der Waals surface area contributed by atoms with Crippen LogP contribution in [0.4, 0.5) is 0 Å². The molecule has 3 rings (SSSR count). The van der Waals surface area contributed by atoms with Crippen molar-refractivity contribution in [3.63, 3.8) is 0 Å². The number of nitrogens with one attached hydrogen (secondary N) is 1. The van der Waals surface area contributed by atoms with Gasteiger partial charge in [0.2, 0.25) is 0 Å². The van der Waals surface area contributed by atoms with Gasteiger partial charge in [0.05, 0.1) is 13.2 Å². The van der Waals surface area contributed by atoms with Crippen LogP contribution >= 0.6 is 0 Å². The molecule has 0 radical (unpaired) electrons. The first-order valence-electron chi connectivity index (χ1n) is 7.42. The highest BCUT2D eigenvalue weighted by Crippen LogP contribution is 2.13. The Labute approximate surface area is 125 Å². The van der Waals surface area contributed by atoms with Crippen LogP contribution in [0.25, 0.3) is 0 Å². The third kappa shape index (κ3) is 3.70. The highest BCUT2D eigenvalue weighted by Gasteiger charge is 2.11. The van der Waals surface area contributed by atoms with Crippen molar-refractivity contribution in [3.8, 4) is 0 Å². The summed E-state index contributed by atoms with van der Waals surface area (Å²) in [6, 6.07) is 18.6. The second kappa shape index (κ2) is 7.04. The summed E-state index contributed by atoms with van der Waals surface area (Å²) in [5.74, 6) is 1.00. The lowest BCUT2D eigenvalue weighted by atomic mass is 10.1. The highest BCUT2D eigenvalue weighted by atomic mass is 16.5. The van der Waals surface area contributed by atoms with Gasteiger partial charge in [-0.05, 0) is 17.5 Å². The van der Waals surface area contributed by atoms with Crippen molar-refractivity contribution >= 4 is 5.84 Å². The van der Waals surface area contributed by atoms with E-state index in [1.165, 1.54) is 11.1 Å². The summed E-state index contributed by atoms with van der Waals surface area (Å²) in [6.07, 6.45) is 1.11. The molecule has 0 saturated carbocycles. The molecule has 1 N–H and O–H groups in total. The molecule has 1 heterocycles. The van der Waals surface area contributed by atoms with Crippen LogP contribution in [0.5, 0.6) is 0 Å². The largest absolute Gasteiger partial charge is 0.372 e. The first-order chi connectivity index (χ1) is 10.4. The zero-order chi connectivity index (χ0) is 14.3. The molecule has 0 aromatic heterocycles. The predicted molar refractivity (Wildman–Crippen MR) is 85.4 cm³/mol. The van der Waals surface area contributed by atoms with E-state index in [1.807, 2.05) is 24.3 Å². The van der Waals surface area contributed by atoms with Crippen molar-refractivity contribution in [1.82, 2.24) is 5.32 Å². The quantitative estimate of drug-likeness (QED) is 0.913. The SMILES string of the molecule is c1ccc(COCc2ccccc2C2=NCCCN2)cc1. The molecule has 0 unspecified atom stereocenters. The minimum absolute atomic E-state index is 0.603. The minimum atomic E-state index is 0.603. The Kier molecular flexibility index (Phi) is 4.64. The van der Waals surface area contributed by atoms with Crippen LogP contribution in [0, 0.1) is 0 Å². The molecule has 1 aliphatic heterocycles. The van der Waals surface area contributed by atoms with Crippen LogP contribution in [0.2, 0.25) is 0 Å². The van der Waals surface area contributed by atoms with Crippen LogP contribution < -0.4 is 5.32 Å². The third-order valence-corrected chi connectivity index (χ3v) is 3.54. The number of ether oxygens (including phenoxy) is 1. The van der Waals surface area contributed by atoms with Crippen LogP contribution in [0.15, 0.2) is 59.6 Å². The van der Waals surface area contributed by atoms with Crippen molar-refractivity contribution in [2.45, 2.75) is 19.6 Å². The van der Waals surface area contributed by atoms with Crippen molar-refractivity contribution in [2.75, 3.05) is 13.1 Å². The Bertz CT molecular complexity index is 608. The van der Waals surface area contributed by atoms with Gasteiger partial charge in [0.15, 0.2) is 0 Å². The minimum Gasteiger partial charge on any atom is -0.372 e. The van der Waals surface area contributed by atoms with E-state index in [-0.39, 0.29) is 0 Å². The fourth-order valence-electron chi connectivity index (χ4n) is 2.44. The van der Waals surface area contributed by atoms with E-state index in [2.05, 4.69) is 40.6 Å². The first kappa shape index (κ1) is 13.8. The van der Waals surface area contributed by atoms with Gasteiger partial charge in [-0.25, -0.2) is 0 Å². The van der Waals surface area contributed by atoms with Crippen LogP contribution in [0.3, 0.4) is 0 Å². The highest BCUT2D eigenvalue weighted by molar-refractivity contribution is 6.00. The van der Waals surface area contributed by atoms with Gasteiger partial charge in [0.1, 0.15) is 5.84 Å². The summed E-state index contributed by atoms with van der Waals surface area (Å²) in [5, 5.41) is 3.38. The second-order valence-corrected chi connectivity index (χ2v) is 5.15. The molecule has 2 aromatic carbocycles. The molecule has 3 heteroatoms. The predicted octanol–water partition coefficient (Wildman–Crippen LogP) is 3.14. The summed E-state index contributed by atoms with van der Waals surface area (Å²) >= 11 is 0. The van der Waals surface area contributed by atoms with E-state index < -0.39 is 0 Å². The second-order valence-electron chi connectivity index (χ2n) is 5.15. The number of rotatable bonds is 5. The van der Waals surface area contributed by atoms with E-state index in [9.17, 15) is 0 Å². The number of hydrogen-bond donors (Lipinski definition) is 1. The monoisotopic (exact) mass is 280 g/mol. The van der Waals surface area contributed by atoms with Crippen LogP contribution in [-0.2, 0) is 18.0 Å². The average molecular weight is 280 g/mol. The molecule has 0 atom stereocenters. The van der Waals surface area contributed by atoms with Crippen molar-refractivity contribution in [2.24, 2.45) is 4.99 Å². The van der Waals surface area contributed by atoms with Crippen molar-refractivity contribution < 1.29 is 4.74 Å². The van der Waals surface area contributed by atoms with Crippen molar-refractivity contribution in [3.05, 3.63) is 71.3 Å². The van der Waals surface area contributed by atoms with Gasteiger partial charge in [-0.15, -0.1) is 0 Å². The summed E-state index contributed by atoms with van der Waals surface area (Å²) in [6.45, 7) is 3.14. The molecule has 3 nitrogen and oxygen atoms in total. The lowest BCUT2D eigenvalue weighted by Gasteiger charge is -2.17. The molecule has 0 saturated heterocycles. The van der Waals surface area contributed by atoms with Gasteiger partial charge < -0.3 is 10.1 Å². The maximum Gasteiger partial charge on any atom is 0.128 e. The maximum atomic E-state index is 5.85. The Morgan fingerprint density at radius 1 is 0.952 bits per heavy atom. The molecular weight excluding hydrogens is 260 g/mol. The summed E-state index contributed by atoms with van der Waals surface area (Å²) in [4.78, 5) is 4.58. The molecule has 0 fully saturated rings. The Balaban J connectivity index is 1.66. The molecule has 0 spiro atoms. The Hall–Kier alpha value is -2.13. The average Bonchev–Trinajstić information content (AvgIpc) is 2.57. The van der Waals surface area contributed by atoms with E-state index in [0.717, 1.165) is 30.9 Å². The van der Waals surface area contributed by atoms with E-state index in [4.69, 9.17) is 4.74 Å². The number of hydrogen-bond acceptors (Lipinski definition) is 3. The molecule has 108 valence electrons. The lowest BCUT2D eigenvalue weighted by molar-refractivity contribution is 0.107. The van der Waals surface area contributed by atoms with E-state index >= 15 is 0 Å². The molecule has 0 amide bonds. The van der Waals surface area contributed by atoms with Gasteiger partial charge in [0, 0.05) is 18.7 Å². The Morgan fingerprint density at radius 3 is 2.57 bits per heavy atom. The number of amidine groups is 1. The summed E-state index contributed by atoms with van der Waals surface area (Å²) < 4.78 is 5.85. The fourth-order valence-corrected chi connectivity index (χ4v) is 2.44. The number of nitrogens with zero attached hydrogens (tertiary/aromatic N) is 1. The van der Waals surface area contributed by atoms with E-state index in [0.29, 0.717) is 13.2 Å². The lowest BCUT2D eigenvalue weighted by Crippen LogP contribution is -2.31. The van der Waals surface area contributed by atoms with Crippen molar-refractivity contribution in [1.29, 1.82) is 0 Å². The Morgan fingerprint density at radius 2 is 1.76 bits per heavy atom. The van der Waals surface area contributed by atoms with Gasteiger partial charge >= 0.3 is 0 Å². The normalized spacial score (nSPS) is 14.4. The summed E-state index contributed by atoms with van der Waals surface area (Å²) in [7, 11) is 0. The zero-order valence-electron chi connectivity index (χ0n) is 12.1. The molecule has 2 aromatic rings. The molecule has 0 aliphatic carbocycles. The fraction of sp³-hybridized carbons (Fsp3) is 0.278. The van der Waals surface area contributed by atoms with Crippen LogP contribution in [-0.4, -0.2) is 18.9 Å². The standard InChI is InChI=1S/C18H20N2O/c1-2-7-15(8-3-1)13-21-14-16-9-4-5-10-17(16)18-19-11-6-12-20-18/h1-5,7-10H,6,11-14H2,(H,19,20).